The molecule has 1 fully saturated rings. The van der Waals surface area contributed by atoms with Gasteiger partial charge < -0.3 is 15.0 Å². The predicted octanol–water partition coefficient (Wildman–Crippen LogP) is 1.86. The molecule has 2 rings (SSSR count). The van der Waals surface area contributed by atoms with Gasteiger partial charge in [0.05, 0.1) is 0 Å². The van der Waals surface area contributed by atoms with Crippen molar-refractivity contribution in [3.63, 3.8) is 0 Å². The maximum atomic E-state index is 11.5. The number of amides is 1. The lowest BCUT2D eigenvalue weighted by atomic mass is 10.2. The molecule has 1 aromatic rings. The van der Waals surface area contributed by atoms with Gasteiger partial charge in [-0.3, -0.25) is 0 Å². The highest BCUT2D eigenvalue weighted by molar-refractivity contribution is 5.67. The molecule has 1 N–H and O–H groups in total. The number of likely N-dealkylation sites (N-methyl/N-ethyl adjacent to an activating group) is 1. The zero-order chi connectivity index (χ0) is 12.1. The number of ether oxygens (including phenoxy) is 1. The first-order chi connectivity index (χ1) is 8.24. The molecule has 94 valence electrons. The fourth-order valence-corrected chi connectivity index (χ4v) is 1.98. The third-order valence-electron chi connectivity index (χ3n) is 2.93. The molecule has 17 heavy (non-hydrogen) atoms. The molecule has 1 aromatic carbocycles. The average Bonchev–Trinajstić information content (AvgIpc) is 2.73. The van der Waals surface area contributed by atoms with E-state index in [1.165, 1.54) is 0 Å². The number of carbonyl (C=O) groups is 1. The highest BCUT2D eigenvalue weighted by Crippen LogP contribution is 2.07. The van der Waals surface area contributed by atoms with E-state index in [9.17, 15) is 4.79 Å². The first-order valence-electron chi connectivity index (χ1n) is 5.90. The van der Waals surface area contributed by atoms with Crippen LogP contribution in [0.5, 0.6) is 0 Å². The van der Waals surface area contributed by atoms with E-state index in [1.54, 1.807) is 0 Å². The lowest BCUT2D eigenvalue weighted by Crippen LogP contribution is -2.36. The van der Waals surface area contributed by atoms with Crippen molar-refractivity contribution in [2.75, 3.05) is 20.1 Å². The Kier molecular flexibility index (Phi) is 3.98. The average molecular weight is 236 g/mol. The predicted molar refractivity (Wildman–Crippen MR) is 67.8 cm³/mol. The number of hydrogen-bond donors (Lipinski definition) is 1. The summed E-state index contributed by atoms with van der Waals surface area (Å²) in [5.41, 5.74) is 1.01. The summed E-state index contributed by atoms with van der Waals surface area (Å²) in [5.74, 6) is 0. The van der Waals surface area contributed by atoms with Crippen molar-refractivity contribution >= 4 is 6.09 Å². The Hall–Kier alpha value is -1.55. The zero-order valence-corrected chi connectivity index (χ0v) is 10.1. The van der Waals surface area contributed by atoms with E-state index < -0.39 is 0 Å². The second-order valence-electron chi connectivity index (χ2n) is 4.45. The Morgan fingerprint density at radius 1 is 1.53 bits per heavy atom. The second-order valence-corrected chi connectivity index (χ2v) is 4.45. The summed E-state index contributed by atoms with van der Waals surface area (Å²) in [4.78, 5) is 13.7. The van der Waals surface area contributed by atoms with Crippen LogP contribution in [0, 0.1) is 0 Å². The number of alkyl carbamates (subject to hydrolysis) is 1. The van der Waals surface area contributed by atoms with Crippen molar-refractivity contribution in [2.45, 2.75) is 19.1 Å². The minimum absolute atomic E-state index is 0. The molecule has 1 saturated heterocycles. The Morgan fingerprint density at radius 2 is 2.29 bits per heavy atom. The summed E-state index contributed by atoms with van der Waals surface area (Å²) in [6, 6.07) is 9.92. The number of benzene rings is 1. The van der Waals surface area contributed by atoms with Crippen LogP contribution in [0.3, 0.4) is 0 Å². The third-order valence-corrected chi connectivity index (χ3v) is 2.93. The molecule has 0 spiro atoms. The van der Waals surface area contributed by atoms with E-state index in [0.717, 1.165) is 25.1 Å². The molecular formula is C13H20N2O2. The van der Waals surface area contributed by atoms with Crippen LogP contribution >= 0.6 is 0 Å². The Labute approximate surface area is 103 Å². The molecule has 1 aliphatic rings. The van der Waals surface area contributed by atoms with Gasteiger partial charge in [0.1, 0.15) is 6.61 Å². The van der Waals surface area contributed by atoms with Crippen LogP contribution < -0.4 is 5.32 Å². The van der Waals surface area contributed by atoms with Gasteiger partial charge in [-0.2, -0.15) is 0 Å². The van der Waals surface area contributed by atoms with Crippen molar-refractivity contribution in [3.8, 4) is 0 Å². The van der Waals surface area contributed by atoms with Crippen molar-refractivity contribution in [3.05, 3.63) is 35.9 Å². The zero-order valence-electron chi connectivity index (χ0n) is 10.1. The van der Waals surface area contributed by atoms with Gasteiger partial charge in [-0.25, -0.2) is 4.79 Å². The fourth-order valence-electron chi connectivity index (χ4n) is 1.98. The first kappa shape index (κ1) is 11.9. The second kappa shape index (κ2) is 5.68. The minimum atomic E-state index is -0.325. The Balaban J connectivity index is 0.00000162. The number of hydrogen-bond acceptors (Lipinski definition) is 3. The SMILES string of the molecule is CN1CC[C@@H](NC(=O)OCc2ccccc2)C1.[HH]. The van der Waals surface area contributed by atoms with E-state index in [4.69, 9.17) is 4.74 Å². The van der Waals surface area contributed by atoms with Crippen LogP contribution in [0.2, 0.25) is 0 Å². The highest BCUT2D eigenvalue weighted by Gasteiger charge is 2.21. The minimum Gasteiger partial charge on any atom is -0.445 e. The van der Waals surface area contributed by atoms with Crippen LogP contribution in [0.25, 0.3) is 0 Å². The van der Waals surface area contributed by atoms with Gasteiger partial charge in [-0.05, 0) is 25.6 Å². The summed E-state index contributed by atoms with van der Waals surface area (Å²) < 4.78 is 5.16. The quantitative estimate of drug-likeness (QED) is 0.871. The van der Waals surface area contributed by atoms with Gasteiger partial charge >= 0.3 is 6.09 Å². The number of nitrogens with one attached hydrogen (secondary N) is 1. The summed E-state index contributed by atoms with van der Waals surface area (Å²) in [6.07, 6.45) is 0.672. The highest BCUT2D eigenvalue weighted by atomic mass is 16.5. The van der Waals surface area contributed by atoms with Crippen LogP contribution in [-0.4, -0.2) is 37.2 Å². The van der Waals surface area contributed by atoms with Gasteiger partial charge in [0.15, 0.2) is 0 Å². The van der Waals surface area contributed by atoms with E-state index in [1.807, 2.05) is 30.3 Å². The number of likely N-dealkylation sites (tertiary alicyclic amines) is 1. The monoisotopic (exact) mass is 236 g/mol. The van der Waals surface area contributed by atoms with Crippen LogP contribution in [-0.2, 0) is 11.3 Å². The van der Waals surface area contributed by atoms with Crippen molar-refractivity contribution in [1.82, 2.24) is 10.2 Å². The number of rotatable bonds is 3. The largest absolute Gasteiger partial charge is 0.445 e. The maximum Gasteiger partial charge on any atom is 0.407 e. The van der Waals surface area contributed by atoms with Crippen LogP contribution in [0.15, 0.2) is 30.3 Å². The van der Waals surface area contributed by atoms with Crippen molar-refractivity contribution in [2.24, 2.45) is 0 Å². The molecule has 0 radical (unpaired) electrons. The molecule has 0 aliphatic carbocycles. The topological polar surface area (TPSA) is 41.6 Å². The fraction of sp³-hybridized carbons (Fsp3) is 0.462. The molecule has 1 atom stereocenters. The molecule has 0 aromatic heterocycles. The molecule has 1 amide bonds. The lowest BCUT2D eigenvalue weighted by molar-refractivity contribution is 0.136. The molecule has 0 unspecified atom stereocenters. The maximum absolute atomic E-state index is 11.5. The number of carbonyl (C=O) groups excluding carboxylic acids is 1. The van der Waals surface area contributed by atoms with Gasteiger partial charge in [-0.1, -0.05) is 30.3 Å². The molecule has 1 aliphatic heterocycles. The van der Waals surface area contributed by atoms with Gasteiger partial charge in [0.2, 0.25) is 0 Å². The van der Waals surface area contributed by atoms with Crippen molar-refractivity contribution < 1.29 is 11.0 Å². The molecule has 1 heterocycles. The lowest BCUT2D eigenvalue weighted by Gasteiger charge is -2.12. The van der Waals surface area contributed by atoms with Crippen molar-refractivity contribution in [1.29, 1.82) is 0 Å². The van der Waals surface area contributed by atoms with E-state index >= 15 is 0 Å². The summed E-state index contributed by atoms with van der Waals surface area (Å²) in [6.45, 7) is 2.26. The first-order valence-corrected chi connectivity index (χ1v) is 5.90. The number of nitrogens with zero attached hydrogens (tertiary/aromatic N) is 1. The Bertz CT molecular complexity index is 373. The van der Waals surface area contributed by atoms with Crippen LogP contribution in [0.1, 0.15) is 13.4 Å². The normalized spacial score (nSPS) is 20.2. The van der Waals surface area contributed by atoms with Crippen LogP contribution in [0.4, 0.5) is 4.79 Å². The third kappa shape index (κ3) is 3.75. The standard InChI is InChI=1S/C13H18N2O2.H2/c1-15-8-7-12(9-15)14-13(16)17-10-11-5-3-2-4-6-11;/h2-6,12H,7-10H2,1H3,(H,14,16);1H/t12-;/m1./s1. The summed E-state index contributed by atoms with van der Waals surface area (Å²) in [5, 5.41) is 2.88. The molecular weight excluding hydrogens is 216 g/mol. The van der Waals surface area contributed by atoms with E-state index in [0.29, 0.717) is 6.61 Å². The van der Waals surface area contributed by atoms with E-state index in [-0.39, 0.29) is 13.6 Å². The van der Waals surface area contributed by atoms with Gasteiger partial charge in [0.25, 0.3) is 0 Å². The summed E-state index contributed by atoms with van der Waals surface area (Å²) >= 11 is 0. The van der Waals surface area contributed by atoms with Gasteiger partial charge in [-0.15, -0.1) is 0 Å². The molecule has 0 saturated carbocycles. The van der Waals surface area contributed by atoms with E-state index in [2.05, 4.69) is 17.3 Å². The molecule has 0 bridgehead atoms. The molecule has 4 heteroatoms. The summed E-state index contributed by atoms with van der Waals surface area (Å²) in [7, 11) is 2.05. The Morgan fingerprint density at radius 3 is 2.94 bits per heavy atom. The van der Waals surface area contributed by atoms with Gasteiger partial charge in [0, 0.05) is 14.0 Å². The smallest absolute Gasteiger partial charge is 0.407 e. The molecule has 4 nitrogen and oxygen atoms in total.